The monoisotopic (exact) mass is 279 g/mol. The SMILES string of the molecule is COC(=O)CONS(=O)(=O)c1ccccc1Cl. The number of sulfonamides is 1. The molecular formula is C9H10ClNO5S. The summed E-state index contributed by atoms with van der Waals surface area (Å²) in [5.74, 6) is -0.702. The van der Waals surface area contributed by atoms with E-state index in [4.69, 9.17) is 11.6 Å². The van der Waals surface area contributed by atoms with Gasteiger partial charge in [0.1, 0.15) is 4.90 Å². The minimum atomic E-state index is -3.91. The Morgan fingerprint density at radius 3 is 2.65 bits per heavy atom. The molecule has 0 aliphatic rings. The van der Waals surface area contributed by atoms with Crippen molar-refractivity contribution in [1.82, 2.24) is 4.89 Å². The molecular weight excluding hydrogens is 270 g/mol. The summed E-state index contributed by atoms with van der Waals surface area (Å²) in [6.45, 7) is -0.528. The number of methoxy groups -OCH3 is 1. The Morgan fingerprint density at radius 1 is 1.41 bits per heavy atom. The molecule has 0 spiro atoms. The average Bonchev–Trinajstić information content (AvgIpc) is 2.28. The standard InChI is InChI=1S/C9H10ClNO5S/c1-15-9(12)6-16-11-17(13,14)8-5-3-2-4-7(8)10/h2-5,11H,6H2,1H3. The zero-order chi connectivity index (χ0) is 12.9. The third kappa shape index (κ3) is 3.97. The second-order valence-corrected chi connectivity index (χ2v) is 4.90. The number of ether oxygens (including phenoxy) is 1. The van der Waals surface area contributed by atoms with Crippen molar-refractivity contribution in [3.05, 3.63) is 29.3 Å². The molecule has 0 radical (unpaired) electrons. The lowest BCUT2D eigenvalue weighted by Gasteiger charge is -2.07. The van der Waals surface area contributed by atoms with Crippen molar-refractivity contribution in [1.29, 1.82) is 0 Å². The number of carbonyl (C=O) groups excluding carboxylic acids is 1. The number of carbonyl (C=O) groups is 1. The lowest BCUT2D eigenvalue weighted by Crippen LogP contribution is -2.27. The average molecular weight is 280 g/mol. The van der Waals surface area contributed by atoms with Gasteiger partial charge in [0.25, 0.3) is 10.0 Å². The van der Waals surface area contributed by atoms with Crippen LogP contribution in [0.4, 0.5) is 0 Å². The highest BCUT2D eigenvalue weighted by Gasteiger charge is 2.17. The van der Waals surface area contributed by atoms with Gasteiger partial charge in [-0.2, -0.15) is 0 Å². The van der Waals surface area contributed by atoms with Gasteiger partial charge in [-0.05, 0) is 12.1 Å². The maximum Gasteiger partial charge on any atom is 0.333 e. The maximum absolute atomic E-state index is 11.7. The molecule has 0 aliphatic carbocycles. The molecule has 6 nitrogen and oxygen atoms in total. The summed E-state index contributed by atoms with van der Waals surface area (Å²) in [6.07, 6.45) is 0. The lowest BCUT2D eigenvalue weighted by molar-refractivity contribution is -0.147. The fraction of sp³-hybridized carbons (Fsp3) is 0.222. The van der Waals surface area contributed by atoms with E-state index in [1.165, 1.54) is 18.2 Å². The zero-order valence-electron chi connectivity index (χ0n) is 8.84. The van der Waals surface area contributed by atoms with Gasteiger partial charge in [-0.3, -0.25) is 4.84 Å². The zero-order valence-corrected chi connectivity index (χ0v) is 10.4. The van der Waals surface area contributed by atoms with Crippen molar-refractivity contribution in [2.24, 2.45) is 0 Å². The minimum absolute atomic E-state index is 0.0571. The number of nitrogens with one attached hydrogen (secondary N) is 1. The highest BCUT2D eigenvalue weighted by molar-refractivity contribution is 7.89. The van der Waals surface area contributed by atoms with Crippen LogP contribution in [0.3, 0.4) is 0 Å². The fourth-order valence-corrected chi connectivity index (χ4v) is 2.26. The molecule has 0 aromatic heterocycles. The van der Waals surface area contributed by atoms with Gasteiger partial charge in [0.2, 0.25) is 0 Å². The van der Waals surface area contributed by atoms with Crippen LogP contribution in [0.15, 0.2) is 29.2 Å². The molecule has 0 aliphatic heterocycles. The fourth-order valence-electron chi connectivity index (χ4n) is 0.932. The van der Waals surface area contributed by atoms with Gasteiger partial charge in [0.05, 0.1) is 12.1 Å². The Bertz CT molecular complexity index is 502. The van der Waals surface area contributed by atoms with Gasteiger partial charge < -0.3 is 4.74 Å². The van der Waals surface area contributed by atoms with Crippen molar-refractivity contribution in [3.63, 3.8) is 0 Å². The van der Waals surface area contributed by atoms with E-state index in [2.05, 4.69) is 9.57 Å². The van der Waals surface area contributed by atoms with Crippen LogP contribution in [0.5, 0.6) is 0 Å². The van der Waals surface area contributed by atoms with Gasteiger partial charge >= 0.3 is 5.97 Å². The molecule has 8 heteroatoms. The van der Waals surface area contributed by atoms with E-state index in [1.54, 1.807) is 11.0 Å². The van der Waals surface area contributed by atoms with E-state index >= 15 is 0 Å². The normalized spacial score (nSPS) is 11.2. The third-order valence-corrected chi connectivity index (χ3v) is 3.43. The quantitative estimate of drug-likeness (QED) is 0.634. The summed E-state index contributed by atoms with van der Waals surface area (Å²) in [4.78, 5) is 16.8. The molecule has 0 unspecified atom stereocenters. The predicted molar refractivity (Wildman–Crippen MR) is 59.7 cm³/mol. The van der Waals surface area contributed by atoms with Gasteiger partial charge in [0, 0.05) is 0 Å². The topological polar surface area (TPSA) is 81.7 Å². The van der Waals surface area contributed by atoms with E-state index < -0.39 is 22.6 Å². The Hall–Kier alpha value is -1.15. The summed E-state index contributed by atoms with van der Waals surface area (Å²) >= 11 is 5.71. The Morgan fingerprint density at radius 2 is 2.06 bits per heavy atom. The van der Waals surface area contributed by atoms with Crippen LogP contribution in [0.25, 0.3) is 0 Å². The molecule has 94 valence electrons. The first-order valence-electron chi connectivity index (χ1n) is 4.42. The van der Waals surface area contributed by atoms with Crippen LogP contribution in [0, 0.1) is 0 Å². The number of hydrogen-bond donors (Lipinski definition) is 1. The first-order chi connectivity index (χ1) is 7.97. The van der Waals surface area contributed by atoms with Crippen molar-refractivity contribution >= 4 is 27.6 Å². The summed E-state index contributed by atoms with van der Waals surface area (Å²) in [5, 5.41) is 0.0571. The van der Waals surface area contributed by atoms with Crippen LogP contribution in [-0.4, -0.2) is 28.1 Å². The third-order valence-electron chi connectivity index (χ3n) is 1.71. The molecule has 1 N–H and O–H groups in total. The van der Waals surface area contributed by atoms with Crippen LogP contribution in [-0.2, 0) is 24.4 Å². The molecule has 0 saturated heterocycles. The first-order valence-corrected chi connectivity index (χ1v) is 6.28. The summed E-state index contributed by atoms with van der Waals surface area (Å²) in [5.41, 5.74) is 0. The predicted octanol–water partition coefficient (Wildman–Crippen LogP) is 0.723. The summed E-state index contributed by atoms with van der Waals surface area (Å²) in [7, 11) is -2.75. The molecule has 0 amide bonds. The highest BCUT2D eigenvalue weighted by Crippen LogP contribution is 2.19. The summed E-state index contributed by atoms with van der Waals surface area (Å²) < 4.78 is 27.6. The van der Waals surface area contributed by atoms with Gasteiger partial charge in [-0.1, -0.05) is 28.6 Å². The van der Waals surface area contributed by atoms with E-state index in [9.17, 15) is 13.2 Å². The van der Waals surface area contributed by atoms with Crippen LogP contribution in [0.1, 0.15) is 0 Å². The largest absolute Gasteiger partial charge is 0.467 e. The van der Waals surface area contributed by atoms with Crippen molar-refractivity contribution in [3.8, 4) is 0 Å². The van der Waals surface area contributed by atoms with E-state index in [-0.39, 0.29) is 9.92 Å². The molecule has 0 bridgehead atoms. The van der Waals surface area contributed by atoms with E-state index in [0.717, 1.165) is 7.11 Å². The number of halogens is 1. The molecule has 0 heterocycles. The van der Waals surface area contributed by atoms with Crippen molar-refractivity contribution in [2.45, 2.75) is 4.90 Å². The van der Waals surface area contributed by atoms with Gasteiger partial charge in [0.15, 0.2) is 6.61 Å². The van der Waals surface area contributed by atoms with E-state index in [1.807, 2.05) is 0 Å². The molecule has 0 saturated carbocycles. The number of hydrogen-bond acceptors (Lipinski definition) is 5. The van der Waals surface area contributed by atoms with Crippen LogP contribution in [0.2, 0.25) is 5.02 Å². The van der Waals surface area contributed by atoms with Crippen LogP contribution >= 0.6 is 11.6 Å². The van der Waals surface area contributed by atoms with Crippen molar-refractivity contribution in [2.75, 3.05) is 13.7 Å². The second-order valence-electron chi connectivity index (χ2n) is 2.88. The molecule has 1 aromatic carbocycles. The molecule has 17 heavy (non-hydrogen) atoms. The smallest absolute Gasteiger partial charge is 0.333 e. The maximum atomic E-state index is 11.7. The van der Waals surface area contributed by atoms with Crippen LogP contribution < -0.4 is 4.89 Å². The Labute approximate surface area is 103 Å². The van der Waals surface area contributed by atoms with Gasteiger partial charge in [-0.15, -0.1) is 0 Å². The molecule has 0 atom stereocenters. The van der Waals surface area contributed by atoms with Gasteiger partial charge in [-0.25, -0.2) is 13.2 Å². The lowest BCUT2D eigenvalue weighted by atomic mass is 10.4. The van der Waals surface area contributed by atoms with Crippen molar-refractivity contribution < 1.29 is 22.8 Å². The Kier molecular flexibility index (Phi) is 4.88. The highest BCUT2D eigenvalue weighted by atomic mass is 35.5. The first kappa shape index (κ1) is 13.9. The van der Waals surface area contributed by atoms with E-state index in [0.29, 0.717) is 0 Å². The summed E-state index contributed by atoms with van der Waals surface area (Å²) in [6, 6.07) is 5.85. The number of esters is 1. The number of rotatable bonds is 5. The second kappa shape index (κ2) is 5.97. The minimum Gasteiger partial charge on any atom is -0.467 e. The molecule has 1 rings (SSSR count). The molecule has 0 fully saturated rings. The molecule has 1 aromatic rings. The number of benzene rings is 1. The Balaban J connectivity index is 2.70.